The van der Waals surface area contributed by atoms with Gasteiger partial charge in [0.15, 0.2) is 0 Å². The fraction of sp³-hybridized carbons (Fsp3) is 0.0588. The number of hydrogen-bond acceptors (Lipinski definition) is 0. The molecule has 0 aliphatic carbocycles. The Morgan fingerprint density at radius 1 is 0.632 bits per heavy atom. The van der Waals surface area contributed by atoms with Gasteiger partial charge in [0, 0.05) is 0 Å². The third-order valence-electron chi connectivity index (χ3n) is 3.26. The maximum absolute atomic E-state index is 2.33. The minimum absolute atomic E-state index is 0. The van der Waals surface area contributed by atoms with Crippen molar-refractivity contribution in [2.75, 3.05) is 6.66 Å². The predicted molar refractivity (Wildman–Crippen MR) is 92.4 cm³/mol. The van der Waals surface area contributed by atoms with Gasteiger partial charge in [-0.15, -0.1) is 0 Å². The monoisotopic (exact) mass is 264 g/mol. The molecule has 0 unspecified atom stereocenters. The van der Waals surface area contributed by atoms with Crippen molar-refractivity contribution in [2.24, 2.45) is 0 Å². The zero-order chi connectivity index (χ0) is 12.4. The van der Waals surface area contributed by atoms with Gasteiger partial charge in [0.1, 0.15) is 0 Å². The van der Waals surface area contributed by atoms with Gasteiger partial charge in [-0.2, -0.15) is 0 Å². The van der Waals surface area contributed by atoms with Crippen molar-refractivity contribution < 1.29 is 0 Å². The van der Waals surface area contributed by atoms with Gasteiger partial charge >= 0.3 is 0 Å². The van der Waals surface area contributed by atoms with E-state index in [1.807, 2.05) is 0 Å². The first-order valence-electron chi connectivity index (χ1n) is 6.12. The largest absolute Gasteiger partial charge is 0.0814 e. The number of rotatable bonds is 2. The molecule has 94 valence electrons. The van der Waals surface area contributed by atoms with Gasteiger partial charge in [0.25, 0.3) is 0 Å². The Bertz CT molecular complexity index is 664. The van der Waals surface area contributed by atoms with Crippen LogP contribution in [0, 0.1) is 0 Å². The van der Waals surface area contributed by atoms with Gasteiger partial charge in [0.05, 0.1) is 8.41 Å². The molecule has 3 aromatic rings. The molecule has 0 radical (unpaired) electrons. The molecular weight excluding hydrogens is 246 g/mol. The molecule has 0 bridgehead atoms. The van der Waals surface area contributed by atoms with Gasteiger partial charge in [0.2, 0.25) is 0 Å². The van der Waals surface area contributed by atoms with Crippen LogP contribution in [0.3, 0.4) is 0 Å². The third-order valence-corrected chi connectivity index (χ3v) is 5.39. The van der Waals surface area contributed by atoms with E-state index in [9.17, 15) is 0 Å². The van der Waals surface area contributed by atoms with E-state index in [4.69, 9.17) is 0 Å². The van der Waals surface area contributed by atoms with Crippen LogP contribution in [0.1, 0.15) is 0 Å². The second-order valence-electron chi connectivity index (χ2n) is 4.43. The van der Waals surface area contributed by atoms with Gasteiger partial charge < -0.3 is 0 Å². The van der Waals surface area contributed by atoms with Crippen LogP contribution in [0.5, 0.6) is 0 Å². The lowest BCUT2D eigenvalue weighted by Crippen LogP contribution is -2.10. The average molecular weight is 264 g/mol. The van der Waals surface area contributed by atoms with Crippen LogP contribution in [0.15, 0.2) is 72.8 Å². The Hall–Kier alpha value is -1.59. The zero-order valence-corrected chi connectivity index (χ0v) is 11.3. The Morgan fingerprint density at radius 3 is 2.00 bits per heavy atom. The third kappa shape index (κ3) is 2.88. The molecule has 0 saturated heterocycles. The second kappa shape index (κ2) is 6.04. The van der Waals surface area contributed by atoms with Crippen LogP contribution in [0.2, 0.25) is 0 Å². The highest BCUT2D eigenvalue weighted by Gasteiger charge is 2.07. The summed E-state index contributed by atoms with van der Waals surface area (Å²) in [5, 5.41) is 5.52. The minimum atomic E-state index is -0.244. The van der Waals surface area contributed by atoms with Crippen molar-refractivity contribution in [2.45, 2.75) is 0 Å². The summed E-state index contributed by atoms with van der Waals surface area (Å²) in [4.78, 5) is 0. The van der Waals surface area contributed by atoms with Crippen LogP contribution in [-0.2, 0) is 0 Å². The Labute approximate surface area is 117 Å². The first-order valence-corrected chi connectivity index (χ1v) is 7.91. The normalized spacial score (nSPS) is 11.8. The van der Waals surface area contributed by atoms with E-state index in [0.717, 1.165) is 0 Å². The van der Waals surface area contributed by atoms with Crippen molar-refractivity contribution in [3.05, 3.63) is 72.8 Å². The highest BCUT2D eigenvalue weighted by molar-refractivity contribution is 7.72. The topological polar surface area (TPSA) is 0 Å². The van der Waals surface area contributed by atoms with Gasteiger partial charge in [-0.05, 0) is 42.0 Å². The molecule has 0 saturated carbocycles. The molecule has 0 aliphatic rings. The van der Waals surface area contributed by atoms with E-state index in [1.54, 1.807) is 0 Å². The molecule has 0 aromatic heterocycles. The first-order chi connectivity index (χ1) is 8.84. The molecule has 0 fully saturated rings. The molecule has 0 nitrogen and oxygen atoms in total. The van der Waals surface area contributed by atoms with E-state index < -0.39 is 0 Å². The van der Waals surface area contributed by atoms with Gasteiger partial charge in [-0.3, -0.25) is 0 Å². The summed E-state index contributed by atoms with van der Waals surface area (Å²) in [7, 11) is -0.244. The Morgan fingerprint density at radius 2 is 1.26 bits per heavy atom. The van der Waals surface area contributed by atoms with Crippen molar-refractivity contribution in [3.8, 4) is 0 Å². The van der Waals surface area contributed by atoms with Crippen LogP contribution in [0.25, 0.3) is 10.8 Å². The van der Waals surface area contributed by atoms with Crippen LogP contribution >= 0.6 is 7.92 Å². The first kappa shape index (κ1) is 13.8. The van der Waals surface area contributed by atoms with Gasteiger partial charge in [-0.1, -0.05) is 66.7 Å². The molecule has 0 heterocycles. The molecule has 1 atom stereocenters. The summed E-state index contributed by atoms with van der Waals surface area (Å²) in [5.41, 5.74) is 0. The zero-order valence-electron chi connectivity index (χ0n) is 10.4. The molecule has 0 amide bonds. The quantitative estimate of drug-likeness (QED) is 0.493. The highest BCUT2D eigenvalue weighted by atomic mass is 31.1. The molecule has 0 aliphatic heterocycles. The number of hydrogen-bond donors (Lipinski definition) is 0. The number of benzene rings is 3. The maximum atomic E-state index is 2.33. The van der Waals surface area contributed by atoms with Gasteiger partial charge in [-0.25, -0.2) is 0 Å². The average Bonchev–Trinajstić information content (AvgIpc) is 2.47. The molecule has 3 aromatic carbocycles. The van der Waals surface area contributed by atoms with Crippen molar-refractivity contribution in [3.63, 3.8) is 0 Å². The summed E-state index contributed by atoms with van der Waals surface area (Å²) in [6.07, 6.45) is 0. The number of fused-ring (bicyclic) bond motifs is 1. The van der Waals surface area contributed by atoms with E-state index in [2.05, 4.69) is 79.5 Å². The lowest BCUT2D eigenvalue weighted by Gasteiger charge is -2.13. The van der Waals surface area contributed by atoms with Crippen molar-refractivity contribution >= 4 is 37.7 Å². The fourth-order valence-electron chi connectivity index (χ4n) is 2.19. The predicted octanol–water partition coefficient (Wildman–Crippen LogP) is 2.72. The molecule has 3 rings (SSSR count). The molecular formula is C17H18BP. The molecule has 0 N–H and O–H groups in total. The van der Waals surface area contributed by atoms with Crippen LogP contribution < -0.4 is 10.6 Å². The fourth-order valence-corrected chi connectivity index (χ4v) is 3.73. The summed E-state index contributed by atoms with van der Waals surface area (Å²) in [6.45, 7) is 2.33. The summed E-state index contributed by atoms with van der Waals surface area (Å²) < 4.78 is 0. The Balaban J connectivity index is 0.00000133. The molecule has 2 heteroatoms. The maximum Gasteiger partial charge on any atom is 0.0814 e. The summed E-state index contributed by atoms with van der Waals surface area (Å²) >= 11 is 0. The van der Waals surface area contributed by atoms with E-state index in [1.165, 1.54) is 21.4 Å². The highest BCUT2D eigenvalue weighted by Crippen LogP contribution is 2.29. The van der Waals surface area contributed by atoms with Crippen LogP contribution in [-0.4, -0.2) is 15.1 Å². The summed E-state index contributed by atoms with van der Waals surface area (Å²) in [5.74, 6) is 0. The SMILES string of the molecule is B.C[P@@](c1ccccc1)c1ccc2ccccc2c1. The smallest absolute Gasteiger partial charge is 0.0622 e. The van der Waals surface area contributed by atoms with Crippen LogP contribution in [0.4, 0.5) is 0 Å². The van der Waals surface area contributed by atoms with E-state index in [0.29, 0.717) is 0 Å². The molecule has 19 heavy (non-hydrogen) atoms. The summed E-state index contributed by atoms with van der Waals surface area (Å²) in [6, 6.07) is 26.1. The standard InChI is InChI=1S/C17H15P.BH3/c1-18(16-9-3-2-4-10-16)17-12-11-14-7-5-6-8-15(14)13-17;/h2-13H,1H3;1H3/t18-;/m0./s1. The lowest BCUT2D eigenvalue weighted by molar-refractivity contribution is 1.76. The molecule has 0 spiro atoms. The Kier molecular flexibility index (Phi) is 4.40. The van der Waals surface area contributed by atoms with E-state index in [-0.39, 0.29) is 16.3 Å². The van der Waals surface area contributed by atoms with Crippen molar-refractivity contribution in [1.82, 2.24) is 0 Å². The minimum Gasteiger partial charge on any atom is -0.0622 e. The second-order valence-corrected chi connectivity index (χ2v) is 6.58. The van der Waals surface area contributed by atoms with Crippen molar-refractivity contribution in [1.29, 1.82) is 0 Å². The lowest BCUT2D eigenvalue weighted by atomic mass is 10.1. The van der Waals surface area contributed by atoms with E-state index >= 15 is 0 Å².